The molecule has 1 aromatic rings. The molecule has 4 rings (SSSR count). The van der Waals surface area contributed by atoms with Crippen molar-refractivity contribution in [3.63, 3.8) is 0 Å². The molecule has 0 bridgehead atoms. The molecule has 1 aromatic heterocycles. The fraction of sp³-hybridized carbons (Fsp3) is 0.526. The molecule has 0 unspecified atom stereocenters. The molecule has 4 amide bonds. The fourth-order valence-electron chi connectivity index (χ4n) is 3.86. The van der Waals surface area contributed by atoms with Crippen LogP contribution in [0.25, 0.3) is 6.08 Å². The van der Waals surface area contributed by atoms with Gasteiger partial charge in [-0.25, -0.2) is 4.79 Å². The Morgan fingerprint density at radius 2 is 1.78 bits per heavy atom. The Morgan fingerprint density at radius 3 is 2.52 bits per heavy atom. The molecule has 3 fully saturated rings. The van der Waals surface area contributed by atoms with Crippen molar-refractivity contribution in [3.05, 3.63) is 23.5 Å². The van der Waals surface area contributed by atoms with Crippen LogP contribution in [0.2, 0.25) is 0 Å². The van der Waals surface area contributed by atoms with E-state index in [0.29, 0.717) is 24.9 Å². The zero-order valence-electron chi connectivity index (χ0n) is 15.1. The summed E-state index contributed by atoms with van der Waals surface area (Å²) >= 11 is 0. The standard InChI is InChI=1S/C19H23N3O5/c23-17-15(12-14-6-7-16(27-14)21-8-10-26-11-9-21)18(24)22(19(25)20-17)13-4-2-1-3-5-13/h6-7,12-13H,1-5,8-11H2,(H,20,23,25)/b15-12+. The maximum atomic E-state index is 12.9. The smallest absolute Gasteiger partial charge is 0.331 e. The number of morpholine rings is 1. The van der Waals surface area contributed by atoms with Crippen LogP contribution in [0.3, 0.4) is 0 Å². The first-order valence-electron chi connectivity index (χ1n) is 9.46. The van der Waals surface area contributed by atoms with Crippen molar-refractivity contribution in [1.29, 1.82) is 0 Å². The minimum absolute atomic E-state index is 0.0666. The van der Waals surface area contributed by atoms with E-state index in [4.69, 9.17) is 9.15 Å². The zero-order valence-corrected chi connectivity index (χ0v) is 15.1. The molecule has 144 valence electrons. The van der Waals surface area contributed by atoms with Crippen LogP contribution in [0.1, 0.15) is 37.9 Å². The number of barbiturate groups is 1. The van der Waals surface area contributed by atoms with Crippen molar-refractivity contribution in [2.75, 3.05) is 31.2 Å². The third-order valence-electron chi connectivity index (χ3n) is 5.29. The van der Waals surface area contributed by atoms with E-state index in [9.17, 15) is 14.4 Å². The molecule has 0 radical (unpaired) electrons. The largest absolute Gasteiger partial charge is 0.441 e. The van der Waals surface area contributed by atoms with E-state index >= 15 is 0 Å². The van der Waals surface area contributed by atoms with Gasteiger partial charge in [0.15, 0.2) is 5.88 Å². The van der Waals surface area contributed by atoms with Crippen LogP contribution >= 0.6 is 0 Å². The van der Waals surface area contributed by atoms with Gasteiger partial charge in [-0.15, -0.1) is 0 Å². The van der Waals surface area contributed by atoms with Gasteiger partial charge in [0, 0.05) is 25.2 Å². The summed E-state index contributed by atoms with van der Waals surface area (Å²) in [6.07, 6.45) is 6.05. The van der Waals surface area contributed by atoms with Crippen LogP contribution in [-0.2, 0) is 14.3 Å². The van der Waals surface area contributed by atoms with Crippen molar-refractivity contribution >= 4 is 29.8 Å². The second kappa shape index (κ2) is 7.56. The molecular formula is C19H23N3O5. The Kier molecular flexibility index (Phi) is 4.98. The molecule has 2 aliphatic heterocycles. The van der Waals surface area contributed by atoms with Crippen molar-refractivity contribution in [2.24, 2.45) is 0 Å². The Labute approximate surface area is 157 Å². The molecular weight excluding hydrogens is 350 g/mol. The average molecular weight is 373 g/mol. The SMILES string of the molecule is O=C1NC(=O)N(C2CCCCC2)C(=O)/C1=C/c1ccc(N2CCOCC2)o1. The first-order chi connectivity index (χ1) is 13.1. The summed E-state index contributed by atoms with van der Waals surface area (Å²) in [5.41, 5.74) is -0.0666. The van der Waals surface area contributed by atoms with E-state index in [1.165, 1.54) is 11.0 Å². The van der Waals surface area contributed by atoms with Gasteiger partial charge in [0.25, 0.3) is 11.8 Å². The lowest BCUT2D eigenvalue weighted by Crippen LogP contribution is -2.58. The quantitative estimate of drug-likeness (QED) is 0.643. The number of nitrogens with one attached hydrogen (secondary N) is 1. The molecule has 0 aromatic carbocycles. The number of hydrogen-bond donors (Lipinski definition) is 1. The Morgan fingerprint density at radius 1 is 1.04 bits per heavy atom. The second-order valence-electron chi connectivity index (χ2n) is 7.06. The van der Waals surface area contributed by atoms with Crippen molar-refractivity contribution in [2.45, 2.75) is 38.1 Å². The maximum Gasteiger partial charge on any atom is 0.331 e. The maximum absolute atomic E-state index is 12.9. The van der Waals surface area contributed by atoms with Gasteiger partial charge in [-0.3, -0.25) is 19.8 Å². The predicted molar refractivity (Wildman–Crippen MR) is 97.0 cm³/mol. The summed E-state index contributed by atoms with van der Waals surface area (Å²) in [6.45, 7) is 2.73. The number of ether oxygens (including phenoxy) is 1. The molecule has 1 aliphatic carbocycles. The number of amides is 4. The highest BCUT2D eigenvalue weighted by molar-refractivity contribution is 6.31. The van der Waals surface area contributed by atoms with E-state index in [2.05, 4.69) is 5.32 Å². The summed E-state index contributed by atoms with van der Waals surface area (Å²) < 4.78 is 11.1. The number of nitrogens with zero attached hydrogens (tertiary/aromatic N) is 2. The van der Waals surface area contributed by atoms with Gasteiger partial charge < -0.3 is 14.1 Å². The summed E-state index contributed by atoms with van der Waals surface area (Å²) in [5, 5.41) is 2.29. The van der Waals surface area contributed by atoms with Gasteiger partial charge in [0.1, 0.15) is 11.3 Å². The van der Waals surface area contributed by atoms with Crippen molar-refractivity contribution in [3.8, 4) is 0 Å². The highest BCUT2D eigenvalue weighted by atomic mass is 16.5. The number of anilines is 1. The molecule has 1 saturated carbocycles. The molecule has 3 aliphatic rings. The summed E-state index contributed by atoms with van der Waals surface area (Å²) in [6, 6.07) is 2.76. The van der Waals surface area contributed by atoms with E-state index < -0.39 is 17.8 Å². The summed E-state index contributed by atoms with van der Waals surface area (Å²) in [5.74, 6) is -0.136. The lowest BCUT2D eigenvalue weighted by molar-refractivity contribution is -0.132. The van der Waals surface area contributed by atoms with E-state index in [0.717, 1.165) is 45.2 Å². The number of hydrogen-bond acceptors (Lipinski definition) is 6. The van der Waals surface area contributed by atoms with Crippen LogP contribution in [0, 0.1) is 0 Å². The van der Waals surface area contributed by atoms with E-state index in [1.807, 2.05) is 11.0 Å². The van der Waals surface area contributed by atoms with Gasteiger partial charge in [0.05, 0.1) is 13.2 Å². The van der Waals surface area contributed by atoms with Crippen molar-refractivity contribution in [1.82, 2.24) is 10.2 Å². The highest BCUT2D eigenvalue weighted by Crippen LogP contribution is 2.27. The predicted octanol–water partition coefficient (Wildman–Crippen LogP) is 1.91. The molecule has 2 saturated heterocycles. The number of furan rings is 1. The monoisotopic (exact) mass is 373 g/mol. The van der Waals surface area contributed by atoms with Crippen LogP contribution in [0.15, 0.2) is 22.1 Å². The van der Waals surface area contributed by atoms with Crippen LogP contribution < -0.4 is 10.2 Å². The molecule has 0 atom stereocenters. The Bertz CT molecular complexity index is 772. The number of imide groups is 2. The molecule has 27 heavy (non-hydrogen) atoms. The molecule has 3 heterocycles. The minimum atomic E-state index is -0.679. The topological polar surface area (TPSA) is 92.1 Å². The third kappa shape index (κ3) is 3.62. The zero-order chi connectivity index (χ0) is 18.8. The Balaban J connectivity index is 1.55. The third-order valence-corrected chi connectivity index (χ3v) is 5.29. The van der Waals surface area contributed by atoms with E-state index in [1.54, 1.807) is 6.07 Å². The fourth-order valence-corrected chi connectivity index (χ4v) is 3.86. The number of carbonyl (C=O) groups excluding carboxylic acids is 3. The van der Waals surface area contributed by atoms with Crippen LogP contribution in [0.4, 0.5) is 10.7 Å². The first kappa shape index (κ1) is 17.8. The summed E-state index contributed by atoms with van der Waals surface area (Å²) in [7, 11) is 0. The summed E-state index contributed by atoms with van der Waals surface area (Å²) in [4.78, 5) is 40.6. The lowest BCUT2D eigenvalue weighted by Gasteiger charge is -2.35. The van der Waals surface area contributed by atoms with Crippen LogP contribution in [-0.4, -0.2) is 55.1 Å². The number of rotatable bonds is 3. The molecule has 8 heteroatoms. The Hall–Kier alpha value is -2.61. The van der Waals surface area contributed by atoms with Gasteiger partial charge in [-0.2, -0.15) is 0 Å². The van der Waals surface area contributed by atoms with Gasteiger partial charge in [-0.1, -0.05) is 19.3 Å². The number of urea groups is 1. The van der Waals surface area contributed by atoms with Gasteiger partial charge >= 0.3 is 6.03 Å². The molecule has 1 N–H and O–H groups in total. The van der Waals surface area contributed by atoms with Gasteiger partial charge in [0.2, 0.25) is 0 Å². The molecule has 8 nitrogen and oxygen atoms in total. The lowest BCUT2D eigenvalue weighted by atomic mass is 9.93. The highest BCUT2D eigenvalue weighted by Gasteiger charge is 2.40. The van der Waals surface area contributed by atoms with E-state index in [-0.39, 0.29) is 11.6 Å². The average Bonchev–Trinajstić information content (AvgIpc) is 3.15. The van der Waals surface area contributed by atoms with Crippen molar-refractivity contribution < 1.29 is 23.5 Å². The number of carbonyl (C=O) groups is 3. The van der Waals surface area contributed by atoms with Crippen LogP contribution in [0.5, 0.6) is 0 Å². The normalized spacial score (nSPS) is 23.9. The molecule has 0 spiro atoms. The van der Waals surface area contributed by atoms with Gasteiger partial charge in [-0.05, 0) is 25.0 Å². The minimum Gasteiger partial charge on any atom is -0.441 e. The second-order valence-corrected chi connectivity index (χ2v) is 7.06. The first-order valence-corrected chi connectivity index (χ1v) is 9.46.